The molecule has 3 heteroatoms. The quantitative estimate of drug-likeness (QED) is 0.567. The second kappa shape index (κ2) is 2.01. The molecule has 0 saturated heterocycles. The summed E-state index contributed by atoms with van der Waals surface area (Å²) in [5.74, 6) is 0.439. The Morgan fingerprint density at radius 1 is 1.75 bits per heavy atom. The van der Waals surface area contributed by atoms with Crippen LogP contribution in [0.15, 0.2) is 12.3 Å². The molecule has 2 N–H and O–H groups in total. The van der Waals surface area contributed by atoms with Gasteiger partial charge in [0, 0.05) is 12.3 Å². The number of nitrogens with two attached hydrogens (primary N) is 1. The Morgan fingerprint density at radius 2 is 2.50 bits per heavy atom. The summed E-state index contributed by atoms with van der Waals surface area (Å²) in [6.07, 6.45) is 1.46. The molecule has 1 aromatic heterocycles. The van der Waals surface area contributed by atoms with Gasteiger partial charge in [-0.15, -0.1) is 0 Å². The Hall–Kier alpha value is -0.760. The molecule has 0 aromatic carbocycles. The molecule has 1 heterocycles. The third-order valence-electron chi connectivity index (χ3n) is 0.685. The molecule has 1 aromatic rings. The highest BCUT2D eigenvalue weighted by Crippen LogP contribution is 2.04. The third-order valence-corrected chi connectivity index (χ3v) is 0.892. The smallest absolute Gasteiger partial charge is 0.124 e. The zero-order chi connectivity index (χ0) is 5.98. The van der Waals surface area contributed by atoms with Crippen LogP contribution in [0.4, 0.5) is 5.82 Å². The van der Waals surface area contributed by atoms with E-state index in [1.807, 2.05) is 0 Å². The van der Waals surface area contributed by atoms with Crippen molar-refractivity contribution in [1.29, 1.82) is 0 Å². The lowest BCUT2D eigenvalue weighted by atomic mass is 10.5. The Kier molecular flexibility index (Phi) is 1.35. The fraction of sp³-hybridized carbons (Fsp3) is 0. The predicted octanol–water partition coefficient (Wildman–Crippen LogP) is 1.12. The molecule has 0 aliphatic heterocycles. The number of anilines is 1. The van der Waals surface area contributed by atoms with Gasteiger partial charge in [0.2, 0.25) is 0 Å². The first-order chi connectivity index (χ1) is 3.79. The summed E-state index contributed by atoms with van der Waals surface area (Å²) in [4.78, 5) is 3.69. The lowest BCUT2D eigenvalue weighted by Crippen LogP contribution is -1.86. The van der Waals surface area contributed by atoms with Crippen LogP contribution in [0.2, 0.25) is 5.02 Å². The molecule has 0 unspecified atom stereocenters. The van der Waals surface area contributed by atoms with E-state index < -0.39 is 0 Å². The molecular formula is C5H4ClN2. The van der Waals surface area contributed by atoms with Crippen molar-refractivity contribution in [2.24, 2.45) is 0 Å². The summed E-state index contributed by atoms with van der Waals surface area (Å²) in [6.45, 7) is 0. The molecule has 0 fully saturated rings. The molecule has 1 radical (unpaired) electrons. The van der Waals surface area contributed by atoms with Gasteiger partial charge >= 0.3 is 0 Å². The van der Waals surface area contributed by atoms with Crippen LogP contribution in [0, 0.1) is 6.07 Å². The third kappa shape index (κ3) is 1.10. The van der Waals surface area contributed by atoms with Crippen molar-refractivity contribution < 1.29 is 0 Å². The van der Waals surface area contributed by atoms with E-state index in [4.69, 9.17) is 17.3 Å². The zero-order valence-corrected chi connectivity index (χ0v) is 4.81. The number of rotatable bonds is 0. The van der Waals surface area contributed by atoms with E-state index in [0.717, 1.165) is 0 Å². The highest BCUT2D eigenvalue weighted by atomic mass is 35.5. The monoisotopic (exact) mass is 127 g/mol. The number of aromatic nitrogens is 1. The molecule has 1 rings (SSSR count). The van der Waals surface area contributed by atoms with Crippen LogP contribution in [-0.4, -0.2) is 4.98 Å². The van der Waals surface area contributed by atoms with Crippen LogP contribution < -0.4 is 5.73 Å². The number of pyridine rings is 1. The lowest BCUT2D eigenvalue weighted by molar-refractivity contribution is 1.33. The summed E-state index contributed by atoms with van der Waals surface area (Å²) in [5.41, 5.74) is 5.23. The van der Waals surface area contributed by atoms with Crippen molar-refractivity contribution >= 4 is 17.4 Å². The lowest BCUT2D eigenvalue weighted by Gasteiger charge is -1.87. The average Bonchev–Trinajstić information content (AvgIpc) is 1.77. The molecule has 0 atom stereocenters. The van der Waals surface area contributed by atoms with E-state index in [-0.39, 0.29) is 0 Å². The van der Waals surface area contributed by atoms with Crippen LogP contribution in [0.25, 0.3) is 0 Å². The van der Waals surface area contributed by atoms with E-state index in [1.54, 1.807) is 0 Å². The molecule has 8 heavy (non-hydrogen) atoms. The van der Waals surface area contributed by atoms with Crippen LogP contribution in [0.3, 0.4) is 0 Å². The molecule has 2 nitrogen and oxygen atoms in total. The van der Waals surface area contributed by atoms with Crippen molar-refractivity contribution in [2.75, 3.05) is 5.73 Å². The Labute approximate surface area is 52.3 Å². The SMILES string of the molecule is Nc1c[c]c(Cl)cn1. The second-order valence-electron chi connectivity index (χ2n) is 1.32. The molecule has 0 bridgehead atoms. The van der Waals surface area contributed by atoms with E-state index in [2.05, 4.69) is 11.1 Å². The van der Waals surface area contributed by atoms with Gasteiger partial charge in [0.15, 0.2) is 0 Å². The summed E-state index contributed by atoms with van der Waals surface area (Å²) >= 11 is 5.44. The summed E-state index contributed by atoms with van der Waals surface area (Å²) in [5, 5.41) is 0.485. The van der Waals surface area contributed by atoms with Crippen LogP contribution in [0.1, 0.15) is 0 Å². The molecule has 0 saturated carbocycles. The Bertz CT molecular complexity index is 149. The predicted molar refractivity (Wildman–Crippen MR) is 32.5 cm³/mol. The van der Waals surface area contributed by atoms with Gasteiger partial charge < -0.3 is 5.73 Å². The van der Waals surface area contributed by atoms with Crippen molar-refractivity contribution in [3.63, 3.8) is 0 Å². The van der Waals surface area contributed by atoms with Gasteiger partial charge in [-0.05, 0) is 6.07 Å². The van der Waals surface area contributed by atoms with Gasteiger partial charge in [0.05, 0.1) is 5.02 Å². The van der Waals surface area contributed by atoms with Gasteiger partial charge in [-0.3, -0.25) is 0 Å². The maximum atomic E-state index is 5.44. The summed E-state index contributed by atoms with van der Waals surface area (Å²) in [7, 11) is 0. The number of hydrogen-bond acceptors (Lipinski definition) is 2. The molecule has 0 spiro atoms. The first kappa shape index (κ1) is 5.38. The number of hydrogen-bond donors (Lipinski definition) is 1. The Balaban J connectivity index is 3.03. The number of halogens is 1. The fourth-order valence-electron chi connectivity index (χ4n) is 0.349. The van der Waals surface area contributed by atoms with Crippen molar-refractivity contribution in [3.8, 4) is 0 Å². The first-order valence-corrected chi connectivity index (χ1v) is 2.45. The molecule has 0 aliphatic carbocycles. The standard InChI is InChI=1S/C5H4ClN2/c6-4-1-2-5(7)8-3-4/h2-3H,(H2,7,8). The summed E-state index contributed by atoms with van der Waals surface area (Å²) < 4.78 is 0. The maximum absolute atomic E-state index is 5.44. The minimum atomic E-state index is 0.439. The maximum Gasteiger partial charge on any atom is 0.124 e. The molecule has 0 amide bonds. The zero-order valence-electron chi connectivity index (χ0n) is 4.06. The van der Waals surface area contributed by atoms with Gasteiger partial charge in [-0.2, -0.15) is 0 Å². The van der Waals surface area contributed by atoms with Crippen LogP contribution >= 0.6 is 11.6 Å². The van der Waals surface area contributed by atoms with E-state index in [0.29, 0.717) is 10.8 Å². The topological polar surface area (TPSA) is 38.9 Å². The fourth-order valence-corrected chi connectivity index (χ4v) is 0.452. The second-order valence-corrected chi connectivity index (χ2v) is 1.73. The Morgan fingerprint density at radius 3 is 2.88 bits per heavy atom. The number of nitrogens with zero attached hydrogens (tertiary/aromatic N) is 1. The van der Waals surface area contributed by atoms with E-state index >= 15 is 0 Å². The molecular weight excluding hydrogens is 124 g/mol. The van der Waals surface area contributed by atoms with Gasteiger partial charge in [-0.1, -0.05) is 11.6 Å². The normalized spacial score (nSPS) is 9.12. The van der Waals surface area contributed by atoms with Crippen molar-refractivity contribution in [1.82, 2.24) is 4.98 Å². The van der Waals surface area contributed by atoms with Gasteiger partial charge in [0.25, 0.3) is 0 Å². The van der Waals surface area contributed by atoms with Crippen molar-refractivity contribution in [3.05, 3.63) is 23.4 Å². The van der Waals surface area contributed by atoms with E-state index in [1.165, 1.54) is 12.3 Å². The van der Waals surface area contributed by atoms with Crippen LogP contribution in [0.5, 0.6) is 0 Å². The first-order valence-electron chi connectivity index (χ1n) is 2.08. The van der Waals surface area contributed by atoms with Gasteiger partial charge in [-0.25, -0.2) is 4.98 Å². The largest absolute Gasteiger partial charge is 0.384 e. The van der Waals surface area contributed by atoms with Gasteiger partial charge in [0.1, 0.15) is 5.82 Å². The minimum Gasteiger partial charge on any atom is -0.384 e. The number of nitrogen functional groups attached to an aromatic ring is 1. The van der Waals surface area contributed by atoms with E-state index in [9.17, 15) is 0 Å². The van der Waals surface area contributed by atoms with Crippen molar-refractivity contribution in [2.45, 2.75) is 0 Å². The summed E-state index contributed by atoms with van der Waals surface area (Å²) in [6, 6.07) is 4.21. The van der Waals surface area contributed by atoms with Crippen LogP contribution in [-0.2, 0) is 0 Å². The highest BCUT2D eigenvalue weighted by Gasteiger charge is 1.84. The molecule has 41 valence electrons. The minimum absolute atomic E-state index is 0.439. The molecule has 0 aliphatic rings. The highest BCUT2D eigenvalue weighted by molar-refractivity contribution is 6.30. The average molecular weight is 128 g/mol.